The van der Waals surface area contributed by atoms with Crippen LogP contribution in [0.2, 0.25) is 0 Å². The maximum Gasteiger partial charge on any atom is 0.269 e. The van der Waals surface area contributed by atoms with Gasteiger partial charge in [-0.05, 0) is 31.5 Å². The zero-order valence-electron chi connectivity index (χ0n) is 14.9. The molecule has 2 unspecified atom stereocenters. The molecule has 2 atom stereocenters. The summed E-state index contributed by atoms with van der Waals surface area (Å²) in [6.45, 7) is 4.49. The molecule has 1 aliphatic heterocycles. The average Bonchev–Trinajstić information content (AvgIpc) is 2.94. The van der Waals surface area contributed by atoms with E-state index >= 15 is 0 Å². The summed E-state index contributed by atoms with van der Waals surface area (Å²) in [5.41, 5.74) is 2.63. The Morgan fingerprint density at radius 1 is 1.36 bits per heavy atom. The van der Waals surface area contributed by atoms with E-state index in [4.69, 9.17) is 0 Å². The van der Waals surface area contributed by atoms with Gasteiger partial charge < -0.3 is 10.4 Å². The number of aliphatic hydroxyl groups is 1. The van der Waals surface area contributed by atoms with Crippen LogP contribution in [0.1, 0.15) is 28.2 Å². The van der Waals surface area contributed by atoms with Gasteiger partial charge in [0.2, 0.25) is 0 Å². The molecule has 0 aliphatic carbocycles. The Labute approximate surface area is 148 Å². The molecule has 0 spiro atoms. The predicted octanol–water partition coefficient (Wildman–Crippen LogP) is 1.34. The molecule has 1 aromatic heterocycles. The first-order valence-electron chi connectivity index (χ1n) is 8.75. The molecule has 134 valence electrons. The van der Waals surface area contributed by atoms with Gasteiger partial charge in [0.1, 0.15) is 5.69 Å². The highest BCUT2D eigenvalue weighted by Gasteiger charge is 2.30. The molecular weight excluding hydrogens is 316 g/mol. The van der Waals surface area contributed by atoms with Crippen LogP contribution in [0.15, 0.2) is 36.4 Å². The minimum atomic E-state index is -0.131. The quantitative estimate of drug-likeness (QED) is 0.860. The Hall–Kier alpha value is -2.18. The lowest BCUT2D eigenvalue weighted by Crippen LogP contribution is -2.53. The highest BCUT2D eigenvalue weighted by molar-refractivity contribution is 5.92. The van der Waals surface area contributed by atoms with Crippen LogP contribution in [0.3, 0.4) is 0 Å². The van der Waals surface area contributed by atoms with Crippen LogP contribution in [0, 0.1) is 12.8 Å². The number of likely N-dealkylation sites (tertiary alicyclic amines) is 1. The number of aryl methyl sites for hydroxylation is 2. The van der Waals surface area contributed by atoms with Gasteiger partial charge in [-0.15, -0.1) is 0 Å². The standard InChI is InChI=1S/C19H26N4O2/c1-14-10-18(22(2)21-14)19(25)20-17-12-23(9-8-16(17)13-24)11-15-6-4-3-5-7-15/h3-7,10,16-17,24H,8-9,11-13H2,1-2H3,(H,20,25). The Kier molecular flexibility index (Phi) is 5.50. The van der Waals surface area contributed by atoms with E-state index in [2.05, 4.69) is 27.4 Å². The molecule has 0 bridgehead atoms. The van der Waals surface area contributed by atoms with Crippen LogP contribution in [0.5, 0.6) is 0 Å². The Morgan fingerprint density at radius 2 is 2.12 bits per heavy atom. The van der Waals surface area contributed by atoms with Crippen molar-refractivity contribution in [3.05, 3.63) is 53.3 Å². The molecule has 1 fully saturated rings. The first-order valence-corrected chi connectivity index (χ1v) is 8.75. The summed E-state index contributed by atoms with van der Waals surface area (Å²) in [7, 11) is 1.77. The fourth-order valence-corrected chi connectivity index (χ4v) is 3.50. The van der Waals surface area contributed by atoms with Crippen molar-refractivity contribution in [3.8, 4) is 0 Å². The van der Waals surface area contributed by atoms with Crippen LogP contribution >= 0.6 is 0 Å². The second kappa shape index (κ2) is 7.80. The summed E-state index contributed by atoms with van der Waals surface area (Å²) in [6.07, 6.45) is 0.874. The van der Waals surface area contributed by atoms with Crippen LogP contribution in [0.25, 0.3) is 0 Å². The van der Waals surface area contributed by atoms with Crippen molar-refractivity contribution in [3.63, 3.8) is 0 Å². The van der Waals surface area contributed by atoms with Crippen molar-refractivity contribution in [2.45, 2.75) is 25.9 Å². The largest absolute Gasteiger partial charge is 0.396 e. The molecule has 2 N–H and O–H groups in total. The first kappa shape index (κ1) is 17.6. The zero-order chi connectivity index (χ0) is 17.8. The molecule has 6 heteroatoms. The summed E-state index contributed by atoms with van der Waals surface area (Å²) in [4.78, 5) is 14.9. The van der Waals surface area contributed by atoms with E-state index in [1.54, 1.807) is 17.8 Å². The molecule has 3 rings (SSSR count). The molecule has 2 heterocycles. The lowest BCUT2D eigenvalue weighted by atomic mass is 9.91. The Morgan fingerprint density at radius 3 is 2.76 bits per heavy atom. The maximum absolute atomic E-state index is 12.6. The van der Waals surface area contributed by atoms with Gasteiger partial charge in [0.25, 0.3) is 5.91 Å². The molecule has 1 amide bonds. The molecule has 1 aliphatic rings. The SMILES string of the molecule is Cc1cc(C(=O)NC2CN(Cc3ccccc3)CCC2CO)n(C)n1. The average molecular weight is 342 g/mol. The van der Waals surface area contributed by atoms with Gasteiger partial charge in [0.05, 0.1) is 5.69 Å². The smallest absolute Gasteiger partial charge is 0.269 e. The molecule has 2 aromatic rings. The maximum atomic E-state index is 12.6. The fraction of sp³-hybridized carbons (Fsp3) is 0.474. The molecule has 6 nitrogen and oxygen atoms in total. The van der Waals surface area contributed by atoms with E-state index in [1.807, 2.05) is 25.1 Å². The number of piperidine rings is 1. The molecule has 25 heavy (non-hydrogen) atoms. The van der Waals surface area contributed by atoms with Crippen molar-refractivity contribution in [2.24, 2.45) is 13.0 Å². The third-order valence-corrected chi connectivity index (χ3v) is 4.87. The van der Waals surface area contributed by atoms with Gasteiger partial charge in [-0.2, -0.15) is 5.10 Å². The lowest BCUT2D eigenvalue weighted by Gasteiger charge is -2.38. The second-order valence-electron chi connectivity index (χ2n) is 6.83. The van der Waals surface area contributed by atoms with Crippen molar-refractivity contribution in [1.29, 1.82) is 0 Å². The molecule has 0 radical (unpaired) electrons. The van der Waals surface area contributed by atoms with E-state index in [0.717, 1.165) is 31.7 Å². The summed E-state index contributed by atoms with van der Waals surface area (Å²) in [6, 6.07) is 12.0. The summed E-state index contributed by atoms with van der Waals surface area (Å²) in [5.74, 6) is -0.0431. The number of benzene rings is 1. The van der Waals surface area contributed by atoms with E-state index in [9.17, 15) is 9.90 Å². The number of aliphatic hydroxyl groups excluding tert-OH is 1. The van der Waals surface area contributed by atoms with Crippen molar-refractivity contribution < 1.29 is 9.90 Å². The van der Waals surface area contributed by atoms with E-state index in [1.165, 1.54) is 5.56 Å². The summed E-state index contributed by atoms with van der Waals surface area (Å²) in [5, 5.41) is 17.0. The Bertz CT molecular complexity index is 713. The number of nitrogens with one attached hydrogen (secondary N) is 1. The number of hydrogen-bond donors (Lipinski definition) is 2. The number of hydrogen-bond acceptors (Lipinski definition) is 4. The second-order valence-corrected chi connectivity index (χ2v) is 6.83. The fourth-order valence-electron chi connectivity index (χ4n) is 3.50. The topological polar surface area (TPSA) is 70.4 Å². The van der Waals surface area contributed by atoms with Crippen LogP contribution in [0.4, 0.5) is 0 Å². The lowest BCUT2D eigenvalue weighted by molar-refractivity contribution is 0.0724. The molecular formula is C19H26N4O2. The highest BCUT2D eigenvalue weighted by Crippen LogP contribution is 2.20. The third-order valence-electron chi connectivity index (χ3n) is 4.87. The van der Waals surface area contributed by atoms with Gasteiger partial charge in [0.15, 0.2) is 0 Å². The van der Waals surface area contributed by atoms with Crippen molar-refractivity contribution in [1.82, 2.24) is 20.0 Å². The molecule has 0 saturated carbocycles. The predicted molar refractivity (Wildman–Crippen MR) is 96.1 cm³/mol. The van der Waals surface area contributed by atoms with Crippen molar-refractivity contribution in [2.75, 3.05) is 19.7 Å². The summed E-state index contributed by atoms with van der Waals surface area (Å²) < 4.78 is 1.60. The number of carbonyl (C=O) groups excluding carboxylic acids is 1. The molecule has 1 aromatic carbocycles. The van der Waals surface area contributed by atoms with Gasteiger partial charge in [-0.25, -0.2) is 0 Å². The number of amides is 1. The number of aromatic nitrogens is 2. The van der Waals surface area contributed by atoms with Crippen molar-refractivity contribution >= 4 is 5.91 Å². The third kappa shape index (κ3) is 4.27. The van der Waals surface area contributed by atoms with Crippen LogP contribution in [-0.4, -0.2) is 51.4 Å². The van der Waals surface area contributed by atoms with E-state index < -0.39 is 0 Å². The summed E-state index contributed by atoms with van der Waals surface area (Å²) >= 11 is 0. The number of nitrogens with zero attached hydrogens (tertiary/aromatic N) is 3. The molecule has 1 saturated heterocycles. The highest BCUT2D eigenvalue weighted by atomic mass is 16.3. The van der Waals surface area contributed by atoms with Gasteiger partial charge in [-0.3, -0.25) is 14.4 Å². The van der Waals surface area contributed by atoms with E-state index in [-0.39, 0.29) is 24.5 Å². The van der Waals surface area contributed by atoms with Gasteiger partial charge in [-0.1, -0.05) is 30.3 Å². The number of carbonyl (C=O) groups is 1. The van der Waals surface area contributed by atoms with Crippen LogP contribution < -0.4 is 5.32 Å². The van der Waals surface area contributed by atoms with Crippen LogP contribution in [-0.2, 0) is 13.6 Å². The normalized spacial score (nSPS) is 21.2. The Balaban J connectivity index is 1.66. The minimum absolute atomic E-state index is 0.0647. The minimum Gasteiger partial charge on any atom is -0.396 e. The van der Waals surface area contributed by atoms with Gasteiger partial charge >= 0.3 is 0 Å². The zero-order valence-corrected chi connectivity index (χ0v) is 14.9. The number of rotatable bonds is 5. The van der Waals surface area contributed by atoms with Gasteiger partial charge in [0, 0.05) is 38.7 Å². The first-order chi connectivity index (χ1) is 12.1. The van der Waals surface area contributed by atoms with E-state index in [0.29, 0.717) is 5.69 Å². The monoisotopic (exact) mass is 342 g/mol.